The van der Waals surface area contributed by atoms with Crippen LogP contribution in [0.25, 0.3) is 6.08 Å². The van der Waals surface area contributed by atoms with Crippen molar-refractivity contribution in [1.82, 2.24) is 10.5 Å². The third-order valence-corrected chi connectivity index (χ3v) is 3.47. The first kappa shape index (κ1) is 16.5. The van der Waals surface area contributed by atoms with E-state index in [1.54, 1.807) is 25.1 Å². The molecule has 0 spiro atoms. The quantitative estimate of drug-likeness (QED) is 0.828. The second-order valence-corrected chi connectivity index (χ2v) is 5.23. The second-order valence-electron chi connectivity index (χ2n) is 5.23. The lowest BCUT2D eigenvalue weighted by Crippen LogP contribution is -2.25. The minimum absolute atomic E-state index is 0.207. The molecule has 23 heavy (non-hydrogen) atoms. The standard InChI is InChI=1S/C17H18N2O4/c1-10(16-11(2)19-23-12(16)3)18-15(20)9-6-13-4-7-14(8-5-13)17(21)22/h4-10H,1-3H3,(H,18,20)(H,21,22)/b9-6+. The van der Waals surface area contributed by atoms with E-state index in [-0.39, 0.29) is 17.5 Å². The van der Waals surface area contributed by atoms with Crippen LogP contribution in [0.3, 0.4) is 0 Å². The first-order chi connectivity index (χ1) is 10.9. The number of hydrogen-bond acceptors (Lipinski definition) is 4. The van der Waals surface area contributed by atoms with Gasteiger partial charge in [0.15, 0.2) is 0 Å². The number of carbonyl (C=O) groups excluding carboxylic acids is 1. The molecule has 0 aliphatic carbocycles. The Morgan fingerprint density at radius 1 is 1.26 bits per heavy atom. The SMILES string of the molecule is Cc1noc(C)c1C(C)NC(=O)/C=C/c1ccc(C(=O)O)cc1. The van der Waals surface area contributed by atoms with E-state index < -0.39 is 5.97 Å². The number of carbonyl (C=O) groups is 2. The van der Waals surface area contributed by atoms with E-state index >= 15 is 0 Å². The molecular formula is C17H18N2O4. The number of rotatable bonds is 5. The molecule has 2 aromatic rings. The fourth-order valence-electron chi connectivity index (χ4n) is 2.35. The van der Waals surface area contributed by atoms with E-state index in [0.29, 0.717) is 5.76 Å². The molecular weight excluding hydrogens is 296 g/mol. The zero-order chi connectivity index (χ0) is 17.0. The molecule has 0 aliphatic heterocycles. The lowest BCUT2D eigenvalue weighted by atomic mass is 10.1. The fourth-order valence-corrected chi connectivity index (χ4v) is 2.35. The van der Waals surface area contributed by atoms with Gasteiger partial charge >= 0.3 is 5.97 Å². The summed E-state index contributed by atoms with van der Waals surface area (Å²) in [6, 6.07) is 6.06. The van der Waals surface area contributed by atoms with Crippen LogP contribution in [0.2, 0.25) is 0 Å². The van der Waals surface area contributed by atoms with Crippen LogP contribution in [0.1, 0.15) is 45.9 Å². The van der Waals surface area contributed by atoms with Crippen LogP contribution in [0.4, 0.5) is 0 Å². The molecule has 0 saturated carbocycles. The van der Waals surface area contributed by atoms with Gasteiger partial charge in [-0.3, -0.25) is 4.79 Å². The summed E-state index contributed by atoms with van der Waals surface area (Å²) in [5.41, 5.74) is 2.58. The Bertz CT molecular complexity index is 725. The number of aryl methyl sites for hydroxylation is 2. The third-order valence-electron chi connectivity index (χ3n) is 3.47. The molecule has 6 heteroatoms. The second kappa shape index (κ2) is 6.91. The van der Waals surface area contributed by atoms with Gasteiger partial charge in [-0.2, -0.15) is 0 Å². The third kappa shape index (κ3) is 4.06. The Morgan fingerprint density at radius 3 is 2.43 bits per heavy atom. The molecule has 120 valence electrons. The molecule has 0 saturated heterocycles. The first-order valence-electron chi connectivity index (χ1n) is 7.13. The number of carboxylic acid groups (broad SMARTS) is 1. The van der Waals surface area contributed by atoms with E-state index in [1.165, 1.54) is 18.2 Å². The van der Waals surface area contributed by atoms with Crippen LogP contribution in [0.15, 0.2) is 34.9 Å². The monoisotopic (exact) mass is 314 g/mol. The lowest BCUT2D eigenvalue weighted by Gasteiger charge is -2.11. The van der Waals surface area contributed by atoms with Crippen LogP contribution < -0.4 is 5.32 Å². The van der Waals surface area contributed by atoms with Crippen LogP contribution in [0.5, 0.6) is 0 Å². The highest BCUT2D eigenvalue weighted by atomic mass is 16.5. The molecule has 0 bridgehead atoms. The van der Waals surface area contributed by atoms with Crippen molar-refractivity contribution >= 4 is 18.0 Å². The lowest BCUT2D eigenvalue weighted by molar-refractivity contribution is -0.117. The molecule has 2 rings (SSSR count). The van der Waals surface area contributed by atoms with Gasteiger partial charge < -0.3 is 14.9 Å². The number of benzene rings is 1. The molecule has 0 radical (unpaired) electrons. The number of amides is 1. The molecule has 0 fully saturated rings. The van der Waals surface area contributed by atoms with Crippen LogP contribution in [0, 0.1) is 13.8 Å². The van der Waals surface area contributed by atoms with Gasteiger partial charge in [0.1, 0.15) is 5.76 Å². The Labute approximate surface area is 133 Å². The highest BCUT2D eigenvalue weighted by molar-refractivity contribution is 5.92. The molecule has 1 heterocycles. The summed E-state index contributed by atoms with van der Waals surface area (Å²) in [6.07, 6.45) is 3.03. The molecule has 1 aromatic carbocycles. The average molecular weight is 314 g/mol. The van der Waals surface area contributed by atoms with Crippen LogP contribution >= 0.6 is 0 Å². The van der Waals surface area contributed by atoms with Crippen molar-refractivity contribution in [2.45, 2.75) is 26.8 Å². The van der Waals surface area contributed by atoms with Crippen molar-refractivity contribution < 1.29 is 19.2 Å². The number of nitrogens with one attached hydrogen (secondary N) is 1. The predicted octanol–water partition coefficient (Wildman–Crippen LogP) is 2.88. The summed E-state index contributed by atoms with van der Waals surface area (Å²) in [5.74, 6) is -0.546. The van der Waals surface area contributed by atoms with Gasteiger partial charge in [0.25, 0.3) is 0 Å². The molecule has 2 N–H and O–H groups in total. The molecule has 1 unspecified atom stereocenters. The van der Waals surface area contributed by atoms with E-state index in [9.17, 15) is 9.59 Å². The smallest absolute Gasteiger partial charge is 0.335 e. The average Bonchev–Trinajstić information content (AvgIpc) is 2.84. The molecule has 1 atom stereocenters. The van der Waals surface area contributed by atoms with Gasteiger partial charge in [-0.15, -0.1) is 0 Å². The summed E-state index contributed by atoms with van der Waals surface area (Å²) in [4.78, 5) is 22.7. The number of hydrogen-bond donors (Lipinski definition) is 2. The number of carboxylic acids is 1. The Balaban J connectivity index is 2.00. The predicted molar refractivity (Wildman–Crippen MR) is 85.0 cm³/mol. The highest BCUT2D eigenvalue weighted by Crippen LogP contribution is 2.20. The summed E-state index contributed by atoms with van der Waals surface area (Å²) < 4.78 is 5.09. The maximum Gasteiger partial charge on any atom is 0.335 e. The van der Waals surface area contributed by atoms with E-state index in [2.05, 4.69) is 10.5 Å². The molecule has 0 aliphatic rings. The summed E-state index contributed by atoms with van der Waals surface area (Å²) in [6.45, 7) is 5.49. The van der Waals surface area contributed by atoms with Crippen LogP contribution in [-0.2, 0) is 4.79 Å². The topological polar surface area (TPSA) is 92.4 Å². The van der Waals surface area contributed by atoms with Gasteiger partial charge in [0, 0.05) is 11.6 Å². The van der Waals surface area contributed by atoms with E-state index in [0.717, 1.165) is 16.8 Å². The van der Waals surface area contributed by atoms with Crippen molar-refractivity contribution in [3.63, 3.8) is 0 Å². The van der Waals surface area contributed by atoms with Crippen LogP contribution in [-0.4, -0.2) is 22.1 Å². The summed E-state index contributed by atoms with van der Waals surface area (Å²) >= 11 is 0. The summed E-state index contributed by atoms with van der Waals surface area (Å²) in [7, 11) is 0. The van der Waals surface area contributed by atoms with Gasteiger partial charge in [0.05, 0.1) is 17.3 Å². The molecule has 1 aromatic heterocycles. The van der Waals surface area contributed by atoms with Crippen molar-refractivity contribution in [3.8, 4) is 0 Å². The number of nitrogens with zero attached hydrogens (tertiary/aromatic N) is 1. The molecule has 1 amide bonds. The van der Waals surface area contributed by atoms with Gasteiger partial charge in [-0.25, -0.2) is 4.79 Å². The Kier molecular flexibility index (Phi) is 4.95. The number of aromatic nitrogens is 1. The zero-order valence-corrected chi connectivity index (χ0v) is 13.2. The normalized spacial score (nSPS) is 12.3. The Hall–Kier alpha value is -2.89. The zero-order valence-electron chi connectivity index (χ0n) is 13.2. The molecule has 6 nitrogen and oxygen atoms in total. The van der Waals surface area contributed by atoms with Crippen molar-refractivity contribution in [3.05, 3.63) is 58.5 Å². The fraction of sp³-hybridized carbons (Fsp3) is 0.235. The van der Waals surface area contributed by atoms with Crippen molar-refractivity contribution in [2.24, 2.45) is 0 Å². The van der Waals surface area contributed by atoms with Gasteiger partial charge in [-0.1, -0.05) is 17.3 Å². The summed E-state index contributed by atoms with van der Waals surface area (Å²) in [5, 5.41) is 15.5. The van der Waals surface area contributed by atoms with E-state index in [1.807, 2.05) is 13.8 Å². The minimum atomic E-state index is -0.980. The maximum absolute atomic E-state index is 12.0. The van der Waals surface area contributed by atoms with Crippen molar-refractivity contribution in [2.75, 3.05) is 0 Å². The number of aromatic carboxylic acids is 1. The van der Waals surface area contributed by atoms with E-state index in [4.69, 9.17) is 9.63 Å². The van der Waals surface area contributed by atoms with Crippen molar-refractivity contribution in [1.29, 1.82) is 0 Å². The van der Waals surface area contributed by atoms with Gasteiger partial charge in [-0.05, 0) is 44.5 Å². The first-order valence-corrected chi connectivity index (χ1v) is 7.13. The van der Waals surface area contributed by atoms with Gasteiger partial charge in [0.2, 0.25) is 5.91 Å². The maximum atomic E-state index is 12.0. The minimum Gasteiger partial charge on any atom is -0.478 e. The Morgan fingerprint density at radius 2 is 1.91 bits per heavy atom. The highest BCUT2D eigenvalue weighted by Gasteiger charge is 2.17. The largest absolute Gasteiger partial charge is 0.478 e.